The SMILES string of the molecule is CCCNCC1OCCN(C)C1c1occc1C. The fourth-order valence-electron chi connectivity index (χ4n) is 2.51. The van der Waals surface area contributed by atoms with Crippen molar-refractivity contribution in [1.82, 2.24) is 10.2 Å². The van der Waals surface area contributed by atoms with Gasteiger partial charge in [0.05, 0.1) is 25.0 Å². The first-order valence-electron chi connectivity index (χ1n) is 6.80. The highest BCUT2D eigenvalue weighted by atomic mass is 16.5. The fourth-order valence-corrected chi connectivity index (χ4v) is 2.51. The molecule has 1 aromatic rings. The van der Waals surface area contributed by atoms with Crippen LogP contribution >= 0.6 is 0 Å². The molecule has 1 aliphatic heterocycles. The van der Waals surface area contributed by atoms with Gasteiger partial charge in [-0.15, -0.1) is 0 Å². The lowest BCUT2D eigenvalue weighted by molar-refractivity contribution is -0.0677. The van der Waals surface area contributed by atoms with Crippen molar-refractivity contribution in [3.05, 3.63) is 23.7 Å². The summed E-state index contributed by atoms with van der Waals surface area (Å²) < 4.78 is 11.6. The minimum Gasteiger partial charge on any atom is -0.467 e. The Morgan fingerprint density at radius 3 is 3.00 bits per heavy atom. The zero-order chi connectivity index (χ0) is 13.0. The molecule has 2 rings (SSSR count). The van der Waals surface area contributed by atoms with Crippen LogP contribution in [0.25, 0.3) is 0 Å². The van der Waals surface area contributed by atoms with Crippen molar-refractivity contribution in [2.45, 2.75) is 32.4 Å². The molecule has 2 unspecified atom stereocenters. The molecule has 0 amide bonds. The second kappa shape index (κ2) is 6.36. The molecule has 1 saturated heterocycles. The molecule has 2 heterocycles. The second-order valence-corrected chi connectivity index (χ2v) is 5.01. The third kappa shape index (κ3) is 2.94. The van der Waals surface area contributed by atoms with Crippen LogP contribution in [0.5, 0.6) is 0 Å². The number of morpholine rings is 1. The Morgan fingerprint density at radius 1 is 1.50 bits per heavy atom. The maximum atomic E-state index is 5.92. The van der Waals surface area contributed by atoms with E-state index in [0.29, 0.717) is 0 Å². The van der Waals surface area contributed by atoms with Gasteiger partial charge in [-0.25, -0.2) is 0 Å². The summed E-state index contributed by atoms with van der Waals surface area (Å²) in [6.07, 6.45) is 3.08. The zero-order valence-electron chi connectivity index (χ0n) is 11.6. The first-order chi connectivity index (χ1) is 8.74. The molecule has 4 nitrogen and oxygen atoms in total. The van der Waals surface area contributed by atoms with Gasteiger partial charge in [-0.3, -0.25) is 4.90 Å². The van der Waals surface area contributed by atoms with Crippen LogP contribution in [0.2, 0.25) is 0 Å². The molecule has 1 N–H and O–H groups in total. The third-order valence-electron chi connectivity index (χ3n) is 3.55. The van der Waals surface area contributed by atoms with E-state index in [2.05, 4.69) is 31.1 Å². The minimum atomic E-state index is 0.167. The maximum Gasteiger partial charge on any atom is 0.126 e. The van der Waals surface area contributed by atoms with Crippen molar-refractivity contribution < 1.29 is 9.15 Å². The molecule has 102 valence electrons. The van der Waals surface area contributed by atoms with Gasteiger partial charge in [-0.2, -0.15) is 0 Å². The lowest BCUT2D eigenvalue weighted by Crippen LogP contribution is -2.47. The molecule has 1 fully saturated rings. The summed E-state index contributed by atoms with van der Waals surface area (Å²) in [6, 6.07) is 2.24. The first-order valence-corrected chi connectivity index (χ1v) is 6.80. The van der Waals surface area contributed by atoms with E-state index < -0.39 is 0 Å². The number of likely N-dealkylation sites (N-methyl/N-ethyl adjacent to an activating group) is 1. The average Bonchev–Trinajstić information content (AvgIpc) is 2.76. The Labute approximate surface area is 109 Å². The number of aryl methyl sites for hydroxylation is 1. The summed E-state index contributed by atoms with van der Waals surface area (Å²) >= 11 is 0. The lowest BCUT2D eigenvalue weighted by Gasteiger charge is -2.38. The van der Waals surface area contributed by atoms with Crippen molar-refractivity contribution in [2.75, 3.05) is 33.3 Å². The molecular formula is C14H24N2O2. The van der Waals surface area contributed by atoms with Gasteiger partial charge >= 0.3 is 0 Å². The van der Waals surface area contributed by atoms with E-state index in [1.165, 1.54) is 5.56 Å². The van der Waals surface area contributed by atoms with E-state index >= 15 is 0 Å². The smallest absolute Gasteiger partial charge is 0.126 e. The normalized spacial score (nSPS) is 25.5. The number of rotatable bonds is 5. The monoisotopic (exact) mass is 252 g/mol. The molecule has 0 saturated carbocycles. The lowest BCUT2D eigenvalue weighted by atomic mass is 10.0. The van der Waals surface area contributed by atoms with Crippen LogP contribution < -0.4 is 5.32 Å². The molecule has 1 aliphatic rings. The van der Waals surface area contributed by atoms with Gasteiger partial charge in [-0.05, 0) is 38.6 Å². The Bertz CT molecular complexity index is 364. The predicted molar refractivity (Wildman–Crippen MR) is 71.7 cm³/mol. The average molecular weight is 252 g/mol. The Hall–Kier alpha value is -0.840. The van der Waals surface area contributed by atoms with E-state index in [1.807, 2.05) is 6.07 Å². The minimum absolute atomic E-state index is 0.167. The summed E-state index contributed by atoms with van der Waals surface area (Å²) in [5.74, 6) is 1.04. The van der Waals surface area contributed by atoms with E-state index in [9.17, 15) is 0 Å². The van der Waals surface area contributed by atoms with Crippen LogP contribution in [-0.4, -0.2) is 44.3 Å². The molecule has 0 bridgehead atoms. The van der Waals surface area contributed by atoms with Crippen molar-refractivity contribution in [3.8, 4) is 0 Å². The van der Waals surface area contributed by atoms with Crippen LogP contribution in [0.15, 0.2) is 16.7 Å². The van der Waals surface area contributed by atoms with Crippen molar-refractivity contribution in [3.63, 3.8) is 0 Å². The number of ether oxygens (including phenoxy) is 1. The summed E-state index contributed by atoms with van der Waals surface area (Å²) in [4.78, 5) is 2.33. The summed E-state index contributed by atoms with van der Waals surface area (Å²) in [7, 11) is 2.14. The number of hydrogen-bond acceptors (Lipinski definition) is 4. The topological polar surface area (TPSA) is 37.6 Å². The Kier molecular flexibility index (Phi) is 4.80. The van der Waals surface area contributed by atoms with Gasteiger partial charge in [0, 0.05) is 13.1 Å². The van der Waals surface area contributed by atoms with Gasteiger partial charge in [-0.1, -0.05) is 6.92 Å². The molecule has 0 aliphatic carbocycles. The predicted octanol–water partition coefficient (Wildman–Crippen LogP) is 1.96. The summed E-state index contributed by atoms with van der Waals surface area (Å²) in [5, 5.41) is 3.44. The number of hydrogen-bond donors (Lipinski definition) is 1. The molecule has 0 radical (unpaired) electrons. The maximum absolute atomic E-state index is 5.92. The first kappa shape index (κ1) is 13.6. The molecule has 2 atom stereocenters. The number of nitrogens with one attached hydrogen (secondary N) is 1. The molecule has 0 aromatic carbocycles. The molecule has 4 heteroatoms. The van der Waals surface area contributed by atoms with E-state index in [1.54, 1.807) is 6.26 Å². The van der Waals surface area contributed by atoms with Gasteiger partial charge in [0.25, 0.3) is 0 Å². The summed E-state index contributed by atoms with van der Waals surface area (Å²) in [5.41, 5.74) is 1.21. The van der Waals surface area contributed by atoms with Crippen LogP contribution in [0, 0.1) is 6.92 Å². The van der Waals surface area contributed by atoms with Gasteiger partial charge in [0.1, 0.15) is 5.76 Å². The van der Waals surface area contributed by atoms with Crippen LogP contribution in [-0.2, 0) is 4.74 Å². The Balaban J connectivity index is 2.08. The standard InChI is InChI=1S/C14H24N2O2/c1-4-6-15-10-12-13(16(3)7-9-17-12)14-11(2)5-8-18-14/h5,8,12-13,15H,4,6-7,9-10H2,1-3H3. The van der Waals surface area contributed by atoms with Crippen molar-refractivity contribution in [2.24, 2.45) is 0 Å². The van der Waals surface area contributed by atoms with Crippen molar-refractivity contribution in [1.29, 1.82) is 0 Å². The highest BCUT2D eigenvalue weighted by Crippen LogP contribution is 2.30. The third-order valence-corrected chi connectivity index (χ3v) is 3.55. The largest absolute Gasteiger partial charge is 0.467 e. The van der Waals surface area contributed by atoms with E-state index in [4.69, 9.17) is 9.15 Å². The van der Waals surface area contributed by atoms with Gasteiger partial charge in [0.2, 0.25) is 0 Å². The summed E-state index contributed by atoms with van der Waals surface area (Å²) in [6.45, 7) is 7.93. The van der Waals surface area contributed by atoms with Crippen LogP contribution in [0.3, 0.4) is 0 Å². The Morgan fingerprint density at radius 2 is 2.33 bits per heavy atom. The second-order valence-electron chi connectivity index (χ2n) is 5.01. The number of furan rings is 1. The number of nitrogens with zero attached hydrogens (tertiary/aromatic N) is 1. The van der Waals surface area contributed by atoms with Gasteiger partial charge < -0.3 is 14.5 Å². The molecule has 1 aromatic heterocycles. The van der Waals surface area contributed by atoms with E-state index in [0.717, 1.165) is 38.4 Å². The molecule has 18 heavy (non-hydrogen) atoms. The molecule has 0 spiro atoms. The zero-order valence-corrected chi connectivity index (χ0v) is 11.6. The fraction of sp³-hybridized carbons (Fsp3) is 0.714. The van der Waals surface area contributed by atoms with E-state index in [-0.39, 0.29) is 12.1 Å². The highest BCUT2D eigenvalue weighted by molar-refractivity contribution is 5.20. The molecular weight excluding hydrogens is 228 g/mol. The van der Waals surface area contributed by atoms with Crippen LogP contribution in [0.4, 0.5) is 0 Å². The van der Waals surface area contributed by atoms with Crippen molar-refractivity contribution >= 4 is 0 Å². The quantitative estimate of drug-likeness (QED) is 0.813. The van der Waals surface area contributed by atoms with Crippen LogP contribution in [0.1, 0.15) is 30.7 Å². The van der Waals surface area contributed by atoms with Gasteiger partial charge in [0.15, 0.2) is 0 Å². The highest BCUT2D eigenvalue weighted by Gasteiger charge is 2.34.